The van der Waals surface area contributed by atoms with E-state index in [1.165, 1.54) is 4.90 Å². The van der Waals surface area contributed by atoms with Gasteiger partial charge in [-0.05, 0) is 49.8 Å². The van der Waals surface area contributed by atoms with E-state index in [2.05, 4.69) is 10.6 Å². The standard InChI is InChI=1S/C22H26ClN3O3S/c1-11-14(23)8-7-13-18(11)24-21(29)22(13)17-16(15(25-22)9-10-30-2)19(27)26(20(17)28)12-5-3-4-6-12/h7-8,12,15-17,25H,3-6,9-10H2,1-2H3,(H,24,29)/t15-,16-,17+,22+/m1/s1. The van der Waals surface area contributed by atoms with Gasteiger partial charge in [-0.2, -0.15) is 11.8 Å². The Hall–Kier alpha value is -1.57. The SMILES string of the molecule is CSCC[C@H]1N[C@]2(C(=O)Nc3c2ccc(Cl)c3C)[C@@H]2C(=O)N(C3CCCC3)C(=O)[C@@H]21. The van der Waals surface area contributed by atoms with Crippen LogP contribution in [0.1, 0.15) is 43.2 Å². The van der Waals surface area contributed by atoms with Gasteiger partial charge in [0.05, 0.1) is 17.5 Å². The van der Waals surface area contributed by atoms with E-state index < -0.39 is 17.4 Å². The number of rotatable bonds is 4. The predicted octanol–water partition coefficient (Wildman–Crippen LogP) is 3.06. The molecular formula is C22H26ClN3O3S. The van der Waals surface area contributed by atoms with Gasteiger partial charge < -0.3 is 5.32 Å². The van der Waals surface area contributed by atoms with E-state index in [0.717, 1.165) is 49.0 Å². The Bertz CT molecular complexity index is 948. The minimum absolute atomic E-state index is 0.0234. The summed E-state index contributed by atoms with van der Waals surface area (Å²) in [5, 5.41) is 7.04. The molecule has 6 nitrogen and oxygen atoms in total. The Morgan fingerprint density at radius 2 is 1.93 bits per heavy atom. The second-order valence-electron chi connectivity index (χ2n) is 8.88. The highest BCUT2D eigenvalue weighted by Gasteiger charge is 2.70. The van der Waals surface area contributed by atoms with Crippen molar-refractivity contribution in [1.29, 1.82) is 0 Å². The minimum Gasteiger partial charge on any atom is -0.324 e. The summed E-state index contributed by atoms with van der Waals surface area (Å²) in [6.07, 6.45) is 6.57. The lowest BCUT2D eigenvalue weighted by atomic mass is 9.76. The van der Waals surface area contributed by atoms with Crippen LogP contribution in [0.4, 0.5) is 5.69 Å². The van der Waals surface area contributed by atoms with E-state index in [0.29, 0.717) is 10.7 Å². The third-order valence-electron chi connectivity index (χ3n) is 7.44. The van der Waals surface area contributed by atoms with Crippen molar-refractivity contribution < 1.29 is 14.4 Å². The number of halogens is 1. The summed E-state index contributed by atoms with van der Waals surface area (Å²) < 4.78 is 0. The number of nitrogens with zero attached hydrogens (tertiary/aromatic N) is 1. The Morgan fingerprint density at radius 1 is 1.20 bits per heavy atom. The maximum absolute atomic E-state index is 13.7. The van der Waals surface area contributed by atoms with E-state index in [4.69, 9.17) is 11.6 Å². The highest BCUT2D eigenvalue weighted by Crippen LogP contribution is 2.55. The zero-order chi connectivity index (χ0) is 21.2. The number of hydrogen-bond donors (Lipinski definition) is 2. The van der Waals surface area contributed by atoms with Gasteiger partial charge in [0.1, 0.15) is 5.54 Å². The van der Waals surface area contributed by atoms with Crippen molar-refractivity contribution in [2.45, 2.75) is 56.7 Å². The highest BCUT2D eigenvalue weighted by molar-refractivity contribution is 7.98. The molecule has 8 heteroatoms. The molecule has 160 valence electrons. The molecule has 0 unspecified atom stereocenters. The van der Waals surface area contributed by atoms with Gasteiger partial charge in [-0.1, -0.05) is 30.5 Å². The lowest BCUT2D eigenvalue weighted by molar-refractivity contribution is -0.145. The summed E-state index contributed by atoms with van der Waals surface area (Å²) in [4.78, 5) is 42.2. The highest BCUT2D eigenvalue weighted by atomic mass is 35.5. The average Bonchev–Trinajstić information content (AvgIpc) is 3.46. The molecule has 2 saturated heterocycles. The smallest absolute Gasteiger partial charge is 0.250 e. The molecule has 30 heavy (non-hydrogen) atoms. The summed E-state index contributed by atoms with van der Waals surface area (Å²) in [6, 6.07) is 3.38. The zero-order valence-corrected chi connectivity index (χ0v) is 18.7. The first-order valence-electron chi connectivity index (χ1n) is 10.7. The molecule has 0 radical (unpaired) electrons. The maximum Gasteiger partial charge on any atom is 0.250 e. The molecule has 1 aromatic rings. The lowest BCUT2D eigenvalue weighted by Gasteiger charge is -2.31. The summed E-state index contributed by atoms with van der Waals surface area (Å²) in [5.74, 6) is -0.891. The fourth-order valence-corrected chi connectivity index (χ4v) is 6.67. The molecule has 3 heterocycles. The number of hydrogen-bond acceptors (Lipinski definition) is 5. The summed E-state index contributed by atoms with van der Waals surface area (Å²) >= 11 is 8.01. The van der Waals surface area contributed by atoms with Gasteiger partial charge >= 0.3 is 0 Å². The quantitative estimate of drug-likeness (QED) is 0.693. The molecule has 1 spiro atoms. The van der Waals surface area contributed by atoms with Gasteiger partial charge in [-0.15, -0.1) is 0 Å². The molecule has 0 aromatic heterocycles. The number of imide groups is 1. The monoisotopic (exact) mass is 447 g/mol. The van der Waals surface area contributed by atoms with E-state index in [9.17, 15) is 14.4 Å². The number of amides is 3. The number of anilines is 1. The second kappa shape index (κ2) is 7.24. The summed E-state index contributed by atoms with van der Waals surface area (Å²) in [7, 11) is 0. The maximum atomic E-state index is 13.7. The number of carbonyl (C=O) groups excluding carboxylic acids is 3. The van der Waals surface area contributed by atoms with Crippen molar-refractivity contribution >= 4 is 46.8 Å². The molecule has 3 aliphatic heterocycles. The van der Waals surface area contributed by atoms with Gasteiger partial charge in [0.25, 0.3) is 0 Å². The molecule has 4 aliphatic rings. The molecular weight excluding hydrogens is 422 g/mol. The lowest BCUT2D eigenvalue weighted by Crippen LogP contribution is -2.54. The molecule has 0 bridgehead atoms. The van der Waals surface area contributed by atoms with Crippen molar-refractivity contribution in [1.82, 2.24) is 10.2 Å². The molecule has 5 rings (SSSR count). The first-order chi connectivity index (χ1) is 14.4. The van der Waals surface area contributed by atoms with E-state index in [1.54, 1.807) is 17.8 Å². The van der Waals surface area contributed by atoms with Crippen LogP contribution in [-0.4, -0.2) is 46.7 Å². The molecule has 2 N–H and O–H groups in total. The number of benzene rings is 1. The van der Waals surface area contributed by atoms with Crippen LogP contribution >= 0.6 is 23.4 Å². The Kier molecular flexibility index (Phi) is 4.91. The van der Waals surface area contributed by atoms with Crippen LogP contribution < -0.4 is 10.6 Å². The Morgan fingerprint density at radius 3 is 2.63 bits per heavy atom. The number of thioether (sulfide) groups is 1. The second-order valence-corrected chi connectivity index (χ2v) is 10.3. The molecule has 4 atom stereocenters. The van der Waals surface area contributed by atoms with Gasteiger partial charge in [0, 0.05) is 22.7 Å². The number of carbonyl (C=O) groups is 3. The average molecular weight is 448 g/mol. The van der Waals surface area contributed by atoms with E-state index >= 15 is 0 Å². The van der Waals surface area contributed by atoms with Crippen LogP contribution in [0.2, 0.25) is 5.02 Å². The first-order valence-corrected chi connectivity index (χ1v) is 12.4. The molecule has 1 aromatic carbocycles. The van der Waals surface area contributed by atoms with Gasteiger partial charge in [-0.25, -0.2) is 0 Å². The van der Waals surface area contributed by atoms with Crippen LogP contribution in [0.5, 0.6) is 0 Å². The number of fused-ring (bicyclic) bond motifs is 4. The number of nitrogens with one attached hydrogen (secondary N) is 2. The zero-order valence-electron chi connectivity index (χ0n) is 17.2. The fraction of sp³-hybridized carbons (Fsp3) is 0.591. The molecule has 1 saturated carbocycles. The predicted molar refractivity (Wildman–Crippen MR) is 118 cm³/mol. The summed E-state index contributed by atoms with van der Waals surface area (Å²) in [6.45, 7) is 1.87. The van der Waals surface area contributed by atoms with Crippen LogP contribution in [-0.2, 0) is 19.9 Å². The van der Waals surface area contributed by atoms with Gasteiger partial charge in [0.2, 0.25) is 17.7 Å². The van der Waals surface area contributed by atoms with Crippen molar-refractivity contribution in [3.8, 4) is 0 Å². The normalized spacial score (nSPS) is 33.0. The molecule has 3 fully saturated rings. The van der Waals surface area contributed by atoms with Crippen LogP contribution in [0.25, 0.3) is 0 Å². The molecule has 3 amide bonds. The Labute approximate surface area is 185 Å². The minimum atomic E-state index is -1.21. The molecule has 1 aliphatic carbocycles. The Balaban J connectivity index is 1.64. The van der Waals surface area contributed by atoms with E-state index in [-0.39, 0.29) is 29.8 Å². The largest absolute Gasteiger partial charge is 0.324 e. The van der Waals surface area contributed by atoms with Crippen molar-refractivity contribution in [2.75, 3.05) is 17.3 Å². The van der Waals surface area contributed by atoms with Gasteiger partial charge in [-0.3, -0.25) is 24.6 Å². The first kappa shape index (κ1) is 20.3. The van der Waals surface area contributed by atoms with Crippen molar-refractivity contribution in [3.63, 3.8) is 0 Å². The van der Waals surface area contributed by atoms with Crippen LogP contribution in [0, 0.1) is 18.8 Å². The van der Waals surface area contributed by atoms with Crippen LogP contribution in [0.15, 0.2) is 12.1 Å². The summed E-state index contributed by atoms with van der Waals surface area (Å²) in [5.41, 5.74) is 0.988. The number of likely N-dealkylation sites (tertiary alicyclic amines) is 1. The third-order valence-corrected chi connectivity index (χ3v) is 8.49. The van der Waals surface area contributed by atoms with Crippen molar-refractivity contribution in [3.05, 3.63) is 28.3 Å². The van der Waals surface area contributed by atoms with Gasteiger partial charge in [0.15, 0.2) is 0 Å². The fourth-order valence-electron chi connectivity index (χ4n) is 6.03. The van der Waals surface area contributed by atoms with E-state index in [1.807, 2.05) is 19.2 Å². The topological polar surface area (TPSA) is 78.5 Å². The van der Waals surface area contributed by atoms with Crippen molar-refractivity contribution in [2.24, 2.45) is 11.8 Å². The van der Waals surface area contributed by atoms with Crippen LogP contribution in [0.3, 0.4) is 0 Å². The third kappa shape index (κ3) is 2.58.